The number of carbonyl (C=O) groups is 3. The van der Waals surface area contributed by atoms with E-state index in [1.54, 1.807) is 53.9 Å². The number of thiophene rings is 1. The minimum absolute atomic E-state index is 0.214. The number of benzene rings is 1. The first-order valence-electron chi connectivity index (χ1n) is 9.01. The van der Waals surface area contributed by atoms with Crippen LogP contribution in [-0.2, 0) is 4.79 Å². The number of hydrazone groups is 1. The van der Waals surface area contributed by atoms with Crippen molar-refractivity contribution in [1.29, 1.82) is 0 Å². The van der Waals surface area contributed by atoms with Gasteiger partial charge in [-0.1, -0.05) is 12.1 Å². The van der Waals surface area contributed by atoms with E-state index in [4.69, 9.17) is 9.47 Å². The van der Waals surface area contributed by atoms with Gasteiger partial charge in [0.05, 0.1) is 19.9 Å². The van der Waals surface area contributed by atoms with Crippen LogP contribution in [0.4, 0.5) is 0 Å². The molecule has 0 unspecified atom stereocenters. The number of hydrogen-bond donors (Lipinski definition) is 2. The molecule has 1 aromatic carbocycles. The predicted molar refractivity (Wildman–Crippen MR) is 115 cm³/mol. The Morgan fingerprint density at radius 3 is 2.71 bits per heavy atom. The molecule has 2 amide bonds. The van der Waals surface area contributed by atoms with Crippen LogP contribution in [0.2, 0.25) is 0 Å². The molecule has 10 heteroatoms. The summed E-state index contributed by atoms with van der Waals surface area (Å²) in [5.41, 5.74) is 3.13. The Balaban J connectivity index is 1.52. The first kappa shape index (κ1) is 21.7. The molecule has 2 aromatic heterocycles. The molecule has 9 nitrogen and oxygen atoms in total. The zero-order chi connectivity index (χ0) is 22.1. The Bertz CT molecular complexity index is 1080. The van der Waals surface area contributed by atoms with Crippen molar-refractivity contribution in [2.45, 2.75) is 0 Å². The van der Waals surface area contributed by atoms with Gasteiger partial charge in [-0.05, 0) is 47.3 Å². The van der Waals surface area contributed by atoms with Crippen molar-refractivity contribution in [3.05, 3.63) is 76.2 Å². The fourth-order valence-corrected chi connectivity index (χ4v) is 2.96. The molecule has 2 N–H and O–H groups in total. The molecule has 0 aliphatic rings. The van der Waals surface area contributed by atoms with E-state index < -0.39 is 17.8 Å². The van der Waals surface area contributed by atoms with Gasteiger partial charge in [-0.25, -0.2) is 10.2 Å². The maximum Gasteiger partial charge on any atom is 0.353 e. The van der Waals surface area contributed by atoms with Crippen LogP contribution < -0.4 is 20.2 Å². The van der Waals surface area contributed by atoms with E-state index in [2.05, 4.69) is 20.8 Å². The summed E-state index contributed by atoms with van der Waals surface area (Å²) < 4.78 is 10.6. The molecule has 0 saturated heterocycles. The first-order chi connectivity index (χ1) is 15.1. The summed E-state index contributed by atoms with van der Waals surface area (Å²) in [4.78, 5) is 40.2. The van der Waals surface area contributed by atoms with Gasteiger partial charge in [-0.2, -0.15) is 5.10 Å². The average Bonchev–Trinajstić information content (AvgIpc) is 3.34. The summed E-state index contributed by atoms with van der Waals surface area (Å²) in [5.74, 6) is -0.844. The highest BCUT2D eigenvalue weighted by atomic mass is 32.1. The van der Waals surface area contributed by atoms with Crippen molar-refractivity contribution in [2.75, 3.05) is 13.7 Å². The van der Waals surface area contributed by atoms with Gasteiger partial charge in [-0.3, -0.25) is 14.6 Å². The normalized spacial score (nSPS) is 10.5. The van der Waals surface area contributed by atoms with Gasteiger partial charge in [0.2, 0.25) is 0 Å². The molecule has 0 radical (unpaired) electrons. The second-order valence-corrected chi connectivity index (χ2v) is 6.92. The topological polar surface area (TPSA) is 119 Å². The van der Waals surface area contributed by atoms with E-state index in [0.717, 1.165) is 0 Å². The van der Waals surface area contributed by atoms with Gasteiger partial charge >= 0.3 is 5.97 Å². The molecule has 0 bridgehead atoms. The molecule has 3 aromatic rings. The van der Waals surface area contributed by atoms with E-state index in [1.165, 1.54) is 30.9 Å². The van der Waals surface area contributed by atoms with Crippen LogP contribution in [0.3, 0.4) is 0 Å². The van der Waals surface area contributed by atoms with Crippen LogP contribution in [0.25, 0.3) is 0 Å². The fraction of sp³-hybridized carbons (Fsp3) is 0.0952. The number of ether oxygens (including phenoxy) is 2. The molecule has 0 spiro atoms. The van der Waals surface area contributed by atoms with E-state index in [1.807, 2.05) is 0 Å². The lowest BCUT2D eigenvalue weighted by Crippen LogP contribution is -2.35. The summed E-state index contributed by atoms with van der Waals surface area (Å²) in [7, 11) is 1.45. The van der Waals surface area contributed by atoms with Crippen molar-refractivity contribution < 1.29 is 23.9 Å². The zero-order valence-electron chi connectivity index (χ0n) is 16.4. The quantitative estimate of drug-likeness (QED) is 0.241. The second-order valence-electron chi connectivity index (χ2n) is 5.97. The summed E-state index contributed by atoms with van der Waals surface area (Å²) in [6.45, 7) is -0.256. The molecule has 0 saturated carbocycles. The molecule has 2 heterocycles. The highest BCUT2D eigenvalue weighted by Crippen LogP contribution is 2.28. The largest absolute Gasteiger partial charge is 0.493 e. The lowest BCUT2D eigenvalue weighted by molar-refractivity contribution is -0.120. The molecule has 0 atom stereocenters. The lowest BCUT2D eigenvalue weighted by Gasteiger charge is -2.09. The van der Waals surface area contributed by atoms with Gasteiger partial charge in [0, 0.05) is 6.20 Å². The molecule has 0 aliphatic heterocycles. The number of aromatic nitrogens is 1. The Morgan fingerprint density at radius 1 is 1.13 bits per heavy atom. The summed E-state index contributed by atoms with van der Waals surface area (Å²) in [5, 5.41) is 8.08. The Morgan fingerprint density at radius 2 is 2.00 bits per heavy atom. The van der Waals surface area contributed by atoms with Crippen molar-refractivity contribution in [3.63, 3.8) is 0 Å². The Kier molecular flexibility index (Phi) is 7.44. The van der Waals surface area contributed by atoms with Crippen molar-refractivity contribution in [2.24, 2.45) is 5.10 Å². The van der Waals surface area contributed by atoms with Crippen LogP contribution in [0.5, 0.6) is 11.5 Å². The molecular formula is C21H18N4O5S. The van der Waals surface area contributed by atoms with Crippen LogP contribution >= 0.6 is 11.3 Å². The van der Waals surface area contributed by atoms with Crippen LogP contribution in [0, 0.1) is 0 Å². The lowest BCUT2D eigenvalue weighted by atomic mass is 10.2. The third-order valence-electron chi connectivity index (χ3n) is 3.82. The average molecular weight is 438 g/mol. The number of rotatable bonds is 8. The van der Waals surface area contributed by atoms with E-state index in [0.29, 0.717) is 16.2 Å². The minimum Gasteiger partial charge on any atom is -0.493 e. The molecule has 31 heavy (non-hydrogen) atoms. The van der Waals surface area contributed by atoms with Crippen LogP contribution in [0.1, 0.15) is 25.7 Å². The van der Waals surface area contributed by atoms with E-state index in [-0.39, 0.29) is 18.0 Å². The first-order valence-corrected chi connectivity index (χ1v) is 9.89. The number of amides is 2. The van der Waals surface area contributed by atoms with Gasteiger partial charge in [0.25, 0.3) is 11.8 Å². The molecule has 0 aliphatic carbocycles. The Hall–Kier alpha value is -4.05. The van der Waals surface area contributed by atoms with Crippen molar-refractivity contribution in [1.82, 2.24) is 15.7 Å². The summed E-state index contributed by atoms with van der Waals surface area (Å²) >= 11 is 1.28. The number of hydrogen-bond acceptors (Lipinski definition) is 8. The number of methoxy groups -OCH3 is 1. The maximum absolute atomic E-state index is 12.1. The summed E-state index contributed by atoms with van der Waals surface area (Å²) in [6, 6.07) is 13.2. The Labute approximate surface area is 181 Å². The molecule has 0 fully saturated rings. The highest BCUT2D eigenvalue weighted by Gasteiger charge is 2.13. The highest BCUT2D eigenvalue weighted by molar-refractivity contribution is 7.12. The zero-order valence-corrected chi connectivity index (χ0v) is 17.2. The predicted octanol–water partition coefficient (Wildman–Crippen LogP) is 2.25. The smallest absolute Gasteiger partial charge is 0.353 e. The number of carbonyl (C=O) groups excluding carboxylic acids is 3. The van der Waals surface area contributed by atoms with Crippen LogP contribution in [0.15, 0.2) is 65.2 Å². The number of esters is 1. The van der Waals surface area contributed by atoms with Gasteiger partial charge < -0.3 is 14.8 Å². The fourth-order valence-electron chi connectivity index (χ4n) is 2.36. The van der Waals surface area contributed by atoms with E-state index >= 15 is 0 Å². The van der Waals surface area contributed by atoms with Crippen LogP contribution in [-0.4, -0.2) is 42.6 Å². The second kappa shape index (κ2) is 10.6. The van der Waals surface area contributed by atoms with E-state index in [9.17, 15) is 14.4 Å². The van der Waals surface area contributed by atoms with Gasteiger partial charge in [0.15, 0.2) is 11.5 Å². The minimum atomic E-state index is -0.506. The van der Waals surface area contributed by atoms with Crippen molar-refractivity contribution >= 4 is 35.3 Å². The number of pyridine rings is 1. The maximum atomic E-state index is 12.1. The SMILES string of the molecule is COc1cc(/C=N/NC(=O)CNC(=O)c2ccccn2)ccc1OC(=O)c1cccs1. The number of nitrogens with zero attached hydrogens (tertiary/aromatic N) is 2. The molecule has 158 valence electrons. The van der Waals surface area contributed by atoms with Gasteiger partial charge in [0.1, 0.15) is 10.6 Å². The number of nitrogens with one attached hydrogen (secondary N) is 2. The standard InChI is InChI=1S/C21H18N4O5S/c1-29-17-11-14(7-8-16(17)30-21(28)18-6-4-10-31-18)12-24-25-19(26)13-23-20(27)15-5-2-3-9-22-15/h2-12H,13H2,1H3,(H,23,27)(H,25,26)/b24-12+. The monoisotopic (exact) mass is 438 g/mol. The molecular weight excluding hydrogens is 420 g/mol. The molecule has 3 rings (SSSR count). The van der Waals surface area contributed by atoms with Crippen molar-refractivity contribution in [3.8, 4) is 11.5 Å². The van der Waals surface area contributed by atoms with Gasteiger partial charge in [-0.15, -0.1) is 11.3 Å². The third kappa shape index (κ3) is 6.21. The third-order valence-corrected chi connectivity index (χ3v) is 4.67. The summed E-state index contributed by atoms with van der Waals surface area (Å²) in [6.07, 6.45) is 2.88.